The van der Waals surface area contributed by atoms with Crippen LogP contribution >= 0.6 is 0 Å². The number of rotatable bonds is 16. The summed E-state index contributed by atoms with van der Waals surface area (Å²) in [4.78, 5) is 46.2. The third-order valence-electron chi connectivity index (χ3n) is 9.38. The predicted octanol–water partition coefficient (Wildman–Crippen LogP) is 4.66. The first-order chi connectivity index (χ1) is 20.2. The van der Waals surface area contributed by atoms with Crippen LogP contribution < -0.4 is 0 Å². The minimum absolute atomic E-state index is 0.174. The van der Waals surface area contributed by atoms with Crippen LogP contribution in [0.4, 0.5) is 0 Å². The first kappa shape index (κ1) is 32.0. The lowest BCUT2D eigenvalue weighted by Crippen LogP contribution is -2.59. The highest BCUT2D eigenvalue weighted by Crippen LogP contribution is 2.65. The van der Waals surface area contributed by atoms with E-state index in [4.69, 9.17) is 9.47 Å². The zero-order valence-corrected chi connectivity index (χ0v) is 25.5. The van der Waals surface area contributed by atoms with E-state index in [1.807, 2.05) is 57.2 Å². The van der Waals surface area contributed by atoms with Crippen LogP contribution in [0.1, 0.15) is 71.3 Å². The van der Waals surface area contributed by atoms with Crippen molar-refractivity contribution in [3.05, 3.63) is 61.2 Å². The van der Waals surface area contributed by atoms with Crippen molar-refractivity contribution in [2.24, 2.45) is 17.8 Å². The first-order valence-electron chi connectivity index (χ1n) is 15.5. The Morgan fingerprint density at radius 2 is 1.93 bits per heavy atom. The second-order valence-electron chi connectivity index (χ2n) is 12.5. The van der Waals surface area contributed by atoms with Crippen molar-refractivity contribution in [1.82, 2.24) is 9.80 Å². The van der Waals surface area contributed by atoms with E-state index in [-0.39, 0.29) is 37.5 Å². The topological polar surface area (TPSA) is 96.4 Å². The Bertz CT molecular complexity index is 1140. The summed E-state index contributed by atoms with van der Waals surface area (Å²) in [6.45, 7) is 14.3. The number of amides is 2. The molecule has 1 N–H and O–H groups in total. The number of carbonyl (C=O) groups excluding carboxylic acids is 3. The molecular formula is C34H48N2O6. The van der Waals surface area contributed by atoms with Crippen molar-refractivity contribution in [3.63, 3.8) is 0 Å². The predicted molar refractivity (Wildman–Crippen MR) is 161 cm³/mol. The van der Waals surface area contributed by atoms with Crippen molar-refractivity contribution in [3.8, 4) is 0 Å². The highest BCUT2D eigenvalue weighted by Gasteiger charge is 2.79. The molecule has 3 fully saturated rings. The molecule has 8 nitrogen and oxygen atoms in total. The SMILES string of the molecule is C=CCCCCOC(=O)[C@H]1[C@H]2C(=O)N([C@@H](CO)CC(C)C)C(C(=O)N(CC=C)Cc3ccccc3)C23CC[C@]1(CC)O3. The number of unbranched alkanes of at least 4 members (excludes halogenated alkanes) is 2. The van der Waals surface area contributed by atoms with E-state index >= 15 is 0 Å². The Hall–Kier alpha value is -2.97. The van der Waals surface area contributed by atoms with Gasteiger partial charge in [0.25, 0.3) is 0 Å². The Morgan fingerprint density at radius 3 is 2.55 bits per heavy atom. The van der Waals surface area contributed by atoms with E-state index in [1.165, 1.54) is 0 Å². The number of hydrogen-bond donors (Lipinski definition) is 1. The minimum Gasteiger partial charge on any atom is -0.465 e. The Morgan fingerprint density at radius 1 is 1.19 bits per heavy atom. The van der Waals surface area contributed by atoms with Gasteiger partial charge in [0.2, 0.25) is 11.8 Å². The highest BCUT2D eigenvalue weighted by atomic mass is 16.6. The van der Waals surface area contributed by atoms with Crippen LogP contribution in [-0.2, 0) is 30.4 Å². The molecule has 2 unspecified atom stereocenters. The van der Waals surface area contributed by atoms with Gasteiger partial charge in [0.15, 0.2) is 0 Å². The van der Waals surface area contributed by atoms with Crippen LogP contribution in [-0.4, -0.2) is 75.7 Å². The molecule has 1 spiro atoms. The summed E-state index contributed by atoms with van der Waals surface area (Å²) in [5.41, 5.74) is -1.08. The molecule has 0 radical (unpaired) electrons. The van der Waals surface area contributed by atoms with Crippen LogP contribution in [0, 0.1) is 17.8 Å². The number of ether oxygens (including phenoxy) is 2. The molecule has 8 heteroatoms. The monoisotopic (exact) mass is 580 g/mol. The van der Waals surface area contributed by atoms with E-state index in [0.29, 0.717) is 38.6 Å². The quantitative estimate of drug-likeness (QED) is 0.174. The van der Waals surface area contributed by atoms with Gasteiger partial charge in [-0.2, -0.15) is 0 Å². The molecular weight excluding hydrogens is 532 g/mol. The number of likely N-dealkylation sites (tertiary alicyclic amines) is 1. The fraction of sp³-hybridized carbons (Fsp3) is 0.618. The lowest BCUT2D eigenvalue weighted by molar-refractivity contribution is -0.164. The highest BCUT2D eigenvalue weighted by molar-refractivity contribution is 5.98. The van der Waals surface area contributed by atoms with Crippen LogP contribution in [0.5, 0.6) is 0 Å². The Kier molecular flexibility index (Phi) is 10.3. The molecule has 3 aliphatic rings. The van der Waals surface area contributed by atoms with Crippen LogP contribution in [0.3, 0.4) is 0 Å². The molecule has 0 aromatic heterocycles. The van der Waals surface area contributed by atoms with Gasteiger partial charge in [0.05, 0.1) is 30.8 Å². The van der Waals surface area contributed by atoms with Gasteiger partial charge >= 0.3 is 5.97 Å². The fourth-order valence-corrected chi connectivity index (χ4v) is 7.53. The number of fused-ring (bicyclic) bond motifs is 1. The second kappa shape index (κ2) is 13.6. The molecule has 42 heavy (non-hydrogen) atoms. The maximum absolute atomic E-state index is 14.7. The summed E-state index contributed by atoms with van der Waals surface area (Å²) in [7, 11) is 0. The molecule has 0 aliphatic carbocycles. The van der Waals surface area contributed by atoms with Crippen molar-refractivity contribution in [2.75, 3.05) is 19.8 Å². The Balaban J connectivity index is 1.74. The average Bonchev–Trinajstić information content (AvgIpc) is 3.59. The number of nitrogens with zero attached hydrogens (tertiary/aromatic N) is 2. The van der Waals surface area contributed by atoms with Crippen LogP contribution in [0.15, 0.2) is 55.6 Å². The van der Waals surface area contributed by atoms with Crippen molar-refractivity contribution >= 4 is 17.8 Å². The lowest BCUT2D eigenvalue weighted by Gasteiger charge is -2.40. The number of benzene rings is 1. The zero-order chi connectivity index (χ0) is 30.5. The molecule has 3 saturated heterocycles. The third kappa shape index (κ3) is 5.80. The molecule has 3 aliphatic heterocycles. The standard InChI is InChI=1S/C34H48N2O6/c1-6-9-10-14-20-41-32(40)28-27-30(38)36(26(23-37)21-24(4)5)29(34(27)18-17-33(28,8-3)42-34)31(39)35(19-7-2)22-25-15-12-11-13-16-25/h6-7,11-13,15-16,24,26-29,37H,1-2,8-10,14,17-23H2,3-5H3/t26-,27+,28-,29?,33+,34?/m1/s1. The average molecular weight is 581 g/mol. The van der Waals surface area contributed by atoms with Crippen molar-refractivity contribution < 1.29 is 29.0 Å². The van der Waals surface area contributed by atoms with Gasteiger partial charge in [-0.1, -0.05) is 63.3 Å². The summed E-state index contributed by atoms with van der Waals surface area (Å²) in [5.74, 6) is -2.45. The van der Waals surface area contributed by atoms with E-state index in [1.54, 1.807) is 15.9 Å². The largest absolute Gasteiger partial charge is 0.465 e. The van der Waals surface area contributed by atoms with E-state index < -0.39 is 41.1 Å². The minimum atomic E-state index is -1.17. The summed E-state index contributed by atoms with van der Waals surface area (Å²) in [6.07, 6.45) is 8.04. The maximum Gasteiger partial charge on any atom is 0.312 e. The third-order valence-corrected chi connectivity index (χ3v) is 9.38. The van der Waals surface area contributed by atoms with Crippen molar-refractivity contribution in [1.29, 1.82) is 0 Å². The van der Waals surface area contributed by atoms with Crippen molar-refractivity contribution in [2.45, 2.75) is 95.5 Å². The zero-order valence-electron chi connectivity index (χ0n) is 25.5. The first-order valence-corrected chi connectivity index (χ1v) is 15.5. The van der Waals surface area contributed by atoms with E-state index in [2.05, 4.69) is 13.2 Å². The summed E-state index contributed by atoms with van der Waals surface area (Å²) in [5, 5.41) is 10.5. The number of aliphatic hydroxyl groups is 1. The number of esters is 1. The van der Waals surface area contributed by atoms with Gasteiger partial charge < -0.3 is 24.4 Å². The molecule has 230 valence electrons. The number of carbonyl (C=O) groups is 3. The van der Waals surface area contributed by atoms with Crippen LogP contribution in [0.25, 0.3) is 0 Å². The molecule has 3 heterocycles. The van der Waals surface area contributed by atoms with Gasteiger partial charge in [0, 0.05) is 13.1 Å². The number of hydrogen-bond acceptors (Lipinski definition) is 6. The summed E-state index contributed by atoms with van der Waals surface area (Å²) < 4.78 is 12.7. The molecule has 6 atom stereocenters. The normalized spacial score (nSPS) is 28.5. The fourth-order valence-electron chi connectivity index (χ4n) is 7.53. The van der Waals surface area contributed by atoms with Gasteiger partial charge in [-0.25, -0.2) is 0 Å². The molecule has 4 rings (SSSR count). The molecule has 0 saturated carbocycles. The van der Waals surface area contributed by atoms with Gasteiger partial charge in [-0.15, -0.1) is 13.2 Å². The lowest BCUT2D eigenvalue weighted by atomic mass is 9.65. The number of allylic oxidation sites excluding steroid dienone is 1. The second-order valence-corrected chi connectivity index (χ2v) is 12.5. The summed E-state index contributed by atoms with van der Waals surface area (Å²) >= 11 is 0. The van der Waals surface area contributed by atoms with Crippen LogP contribution in [0.2, 0.25) is 0 Å². The summed E-state index contributed by atoms with van der Waals surface area (Å²) in [6, 6.07) is 8.16. The Labute approximate surface area is 250 Å². The molecule has 1 aromatic carbocycles. The number of aliphatic hydroxyl groups excluding tert-OH is 1. The van der Waals surface area contributed by atoms with Gasteiger partial charge in [-0.3, -0.25) is 14.4 Å². The maximum atomic E-state index is 14.7. The van der Waals surface area contributed by atoms with E-state index in [0.717, 1.165) is 18.4 Å². The smallest absolute Gasteiger partial charge is 0.312 e. The molecule has 2 bridgehead atoms. The van der Waals surface area contributed by atoms with E-state index in [9.17, 15) is 19.5 Å². The van der Waals surface area contributed by atoms with Gasteiger partial charge in [-0.05, 0) is 56.4 Å². The molecule has 2 amide bonds. The van der Waals surface area contributed by atoms with Gasteiger partial charge in [0.1, 0.15) is 17.6 Å². The molecule has 1 aromatic rings.